The number of amidine groups is 1. The molecule has 2 N–H and O–H groups in total. The number of hydrogen-bond acceptors (Lipinski definition) is 6. The van der Waals surface area contributed by atoms with E-state index in [-0.39, 0.29) is 5.76 Å². The molecule has 2 aliphatic rings. The van der Waals surface area contributed by atoms with Gasteiger partial charge in [0.2, 0.25) is 0 Å². The smallest absolute Gasteiger partial charge is 0.135 e. The fourth-order valence-electron chi connectivity index (χ4n) is 3.27. The van der Waals surface area contributed by atoms with Crippen molar-refractivity contribution < 1.29 is 9.84 Å². The van der Waals surface area contributed by atoms with Gasteiger partial charge in [0.25, 0.3) is 0 Å². The van der Waals surface area contributed by atoms with Crippen molar-refractivity contribution in [3.05, 3.63) is 46.5 Å². The summed E-state index contributed by atoms with van der Waals surface area (Å²) < 4.78 is 5.37. The highest BCUT2D eigenvalue weighted by Gasteiger charge is 2.30. The van der Waals surface area contributed by atoms with Crippen molar-refractivity contribution in [1.29, 1.82) is 5.41 Å². The number of aliphatic hydroxyl groups excluding tert-OH is 1. The first-order valence-electron chi connectivity index (χ1n) is 8.80. The highest BCUT2D eigenvalue weighted by molar-refractivity contribution is 7.11. The average molecular weight is 370 g/mol. The molecule has 2 aliphatic heterocycles. The Morgan fingerprint density at radius 1 is 1.15 bits per heavy atom. The zero-order valence-electron chi connectivity index (χ0n) is 14.5. The van der Waals surface area contributed by atoms with Gasteiger partial charge >= 0.3 is 0 Å². The minimum absolute atomic E-state index is 0.242. The Morgan fingerprint density at radius 2 is 1.92 bits per heavy atom. The van der Waals surface area contributed by atoms with Gasteiger partial charge in [0.15, 0.2) is 0 Å². The molecule has 1 fully saturated rings. The molecule has 2 aromatic rings. The fourth-order valence-corrected chi connectivity index (χ4v) is 4.16. The second-order valence-corrected chi connectivity index (χ2v) is 7.31. The molecule has 0 saturated carbocycles. The van der Waals surface area contributed by atoms with Crippen LogP contribution in [-0.2, 0) is 4.74 Å². The third-order valence-electron chi connectivity index (χ3n) is 4.76. The summed E-state index contributed by atoms with van der Waals surface area (Å²) in [6.45, 7) is 5.39. The maximum Gasteiger partial charge on any atom is 0.135 e. The molecule has 0 amide bonds. The van der Waals surface area contributed by atoms with Crippen molar-refractivity contribution in [3.63, 3.8) is 0 Å². The Labute approximate surface area is 156 Å². The van der Waals surface area contributed by atoms with Gasteiger partial charge in [0, 0.05) is 37.1 Å². The topological polar surface area (TPSA) is 72.7 Å². The SMILES string of the molecule is N=C1C(c2nc(-c3ccccc3)cs2)=C(O)CN1CCN1CCOCC1. The molecule has 1 saturated heterocycles. The third kappa shape index (κ3) is 3.51. The number of ether oxygens (including phenoxy) is 1. The number of aromatic nitrogens is 1. The lowest BCUT2D eigenvalue weighted by Gasteiger charge is -2.29. The van der Waals surface area contributed by atoms with E-state index in [1.54, 1.807) is 0 Å². The van der Waals surface area contributed by atoms with Crippen LogP contribution in [0.1, 0.15) is 5.01 Å². The minimum Gasteiger partial charge on any atom is -0.510 e. The molecule has 0 radical (unpaired) electrons. The lowest BCUT2D eigenvalue weighted by atomic mass is 10.2. The molecule has 6 nitrogen and oxygen atoms in total. The van der Waals surface area contributed by atoms with E-state index in [1.807, 2.05) is 40.6 Å². The molecule has 3 heterocycles. The highest BCUT2D eigenvalue weighted by Crippen LogP contribution is 2.32. The Balaban J connectivity index is 1.44. The van der Waals surface area contributed by atoms with E-state index in [1.165, 1.54) is 11.3 Å². The molecular weight excluding hydrogens is 348 g/mol. The molecule has 0 unspecified atom stereocenters. The number of hydrogen-bond donors (Lipinski definition) is 2. The van der Waals surface area contributed by atoms with Gasteiger partial charge in [-0.2, -0.15) is 0 Å². The number of rotatable bonds is 5. The average Bonchev–Trinajstić information content (AvgIpc) is 3.26. The molecule has 0 aliphatic carbocycles. The van der Waals surface area contributed by atoms with Crippen molar-refractivity contribution in [2.45, 2.75) is 0 Å². The monoisotopic (exact) mass is 370 g/mol. The van der Waals surface area contributed by atoms with Gasteiger partial charge in [-0.25, -0.2) is 4.98 Å². The van der Waals surface area contributed by atoms with Crippen LogP contribution in [0.2, 0.25) is 0 Å². The van der Waals surface area contributed by atoms with Crippen LogP contribution in [0.4, 0.5) is 0 Å². The lowest BCUT2D eigenvalue weighted by molar-refractivity contribution is 0.0361. The van der Waals surface area contributed by atoms with E-state index in [0.717, 1.165) is 50.7 Å². The maximum atomic E-state index is 10.4. The number of nitrogens with one attached hydrogen (secondary N) is 1. The van der Waals surface area contributed by atoms with E-state index in [2.05, 4.69) is 9.88 Å². The van der Waals surface area contributed by atoms with Gasteiger partial charge in [-0.15, -0.1) is 11.3 Å². The van der Waals surface area contributed by atoms with Gasteiger partial charge in [0.05, 0.1) is 31.0 Å². The van der Waals surface area contributed by atoms with Gasteiger partial charge in [0.1, 0.15) is 16.6 Å². The van der Waals surface area contributed by atoms with Crippen LogP contribution in [0.5, 0.6) is 0 Å². The van der Waals surface area contributed by atoms with E-state index >= 15 is 0 Å². The largest absolute Gasteiger partial charge is 0.510 e. The maximum absolute atomic E-state index is 10.4. The molecule has 0 spiro atoms. The molecule has 136 valence electrons. The predicted molar refractivity (Wildman–Crippen MR) is 104 cm³/mol. The Hall–Kier alpha value is -2.22. The van der Waals surface area contributed by atoms with Crippen LogP contribution in [0.25, 0.3) is 16.8 Å². The zero-order chi connectivity index (χ0) is 17.9. The standard InChI is InChI=1S/C19H22N4O2S/c20-18-17(19-21-15(13-26-19)14-4-2-1-3-5-14)16(24)12-23(18)7-6-22-8-10-25-11-9-22/h1-5,13,20,24H,6-12H2. The first-order chi connectivity index (χ1) is 12.7. The Morgan fingerprint density at radius 3 is 2.69 bits per heavy atom. The van der Waals surface area contributed by atoms with Gasteiger partial charge in [-0.3, -0.25) is 10.3 Å². The van der Waals surface area contributed by atoms with Gasteiger partial charge in [-0.1, -0.05) is 30.3 Å². The summed E-state index contributed by atoms with van der Waals surface area (Å²) in [6, 6.07) is 9.97. The molecule has 4 rings (SSSR count). The van der Waals surface area contributed by atoms with Crippen LogP contribution < -0.4 is 0 Å². The summed E-state index contributed by atoms with van der Waals surface area (Å²) in [5, 5.41) is 21.6. The van der Waals surface area contributed by atoms with Crippen molar-refractivity contribution in [2.24, 2.45) is 0 Å². The normalized spacial score (nSPS) is 18.8. The van der Waals surface area contributed by atoms with Crippen molar-refractivity contribution in [3.8, 4) is 11.3 Å². The second-order valence-electron chi connectivity index (χ2n) is 6.45. The summed E-state index contributed by atoms with van der Waals surface area (Å²) in [7, 11) is 0. The van der Waals surface area contributed by atoms with Crippen LogP contribution in [-0.4, -0.2) is 71.7 Å². The predicted octanol–water partition coefficient (Wildman–Crippen LogP) is 2.70. The van der Waals surface area contributed by atoms with Crippen LogP contribution in [0.3, 0.4) is 0 Å². The second kappa shape index (κ2) is 7.57. The molecule has 1 aromatic heterocycles. The number of thiazole rings is 1. The number of nitrogens with zero attached hydrogens (tertiary/aromatic N) is 3. The minimum atomic E-state index is 0.242. The van der Waals surface area contributed by atoms with Crippen molar-refractivity contribution >= 4 is 22.7 Å². The number of morpholine rings is 1. The number of aliphatic hydroxyl groups is 1. The quantitative estimate of drug-likeness (QED) is 0.847. The molecule has 26 heavy (non-hydrogen) atoms. The van der Waals surface area contributed by atoms with Crippen molar-refractivity contribution in [2.75, 3.05) is 45.9 Å². The van der Waals surface area contributed by atoms with Crippen LogP contribution in [0.15, 0.2) is 41.5 Å². The van der Waals surface area contributed by atoms with Gasteiger partial charge < -0.3 is 14.7 Å². The molecule has 1 aromatic carbocycles. The number of benzene rings is 1. The Kier molecular flexibility index (Phi) is 5.01. The molecule has 0 atom stereocenters. The van der Waals surface area contributed by atoms with E-state index in [0.29, 0.717) is 23.0 Å². The lowest BCUT2D eigenvalue weighted by Crippen LogP contribution is -2.42. The molecule has 7 heteroatoms. The van der Waals surface area contributed by atoms with Crippen molar-refractivity contribution in [1.82, 2.24) is 14.8 Å². The van der Waals surface area contributed by atoms with Crippen LogP contribution >= 0.6 is 11.3 Å². The van der Waals surface area contributed by atoms with E-state index in [9.17, 15) is 5.11 Å². The first-order valence-corrected chi connectivity index (χ1v) is 9.68. The first kappa shape index (κ1) is 17.2. The summed E-state index contributed by atoms with van der Waals surface area (Å²) in [5.41, 5.74) is 2.49. The van der Waals surface area contributed by atoms with Crippen LogP contribution in [0, 0.1) is 5.41 Å². The summed E-state index contributed by atoms with van der Waals surface area (Å²) in [4.78, 5) is 8.91. The third-order valence-corrected chi connectivity index (χ3v) is 5.62. The highest BCUT2D eigenvalue weighted by atomic mass is 32.1. The molecule has 0 bridgehead atoms. The summed E-state index contributed by atoms with van der Waals surface area (Å²) in [6.07, 6.45) is 0. The molecular formula is C19H22N4O2S. The summed E-state index contributed by atoms with van der Waals surface area (Å²) in [5.74, 6) is 0.607. The fraction of sp³-hybridized carbons (Fsp3) is 0.368. The van der Waals surface area contributed by atoms with Gasteiger partial charge in [-0.05, 0) is 0 Å². The van der Waals surface area contributed by atoms with E-state index < -0.39 is 0 Å². The Bertz CT molecular complexity index is 812. The van der Waals surface area contributed by atoms with E-state index in [4.69, 9.17) is 10.1 Å². The summed E-state index contributed by atoms with van der Waals surface area (Å²) >= 11 is 1.47. The zero-order valence-corrected chi connectivity index (χ0v) is 15.3.